The average molecular weight is 255 g/mol. The van der Waals surface area contributed by atoms with E-state index < -0.39 is 11.9 Å². The van der Waals surface area contributed by atoms with E-state index in [2.05, 4.69) is 10.6 Å². The molecule has 0 saturated carbocycles. The van der Waals surface area contributed by atoms with E-state index in [0.717, 1.165) is 0 Å². The van der Waals surface area contributed by atoms with Crippen molar-refractivity contribution >= 4 is 11.9 Å². The molecule has 3 N–H and O–H groups in total. The van der Waals surface area contributed by atoms with Crippen molar-refractivity contribution in [2.75, 3.05) is 26.8 Å². The highest BCUT2D eigenvalue weighted by Crippen LogP contribution is 1.91. The van der Waals surface area contributed by atoms with Crippen molar-refractivity contribution in [1.82, 2.24) is 10.6 Å². The smallest absolute Gasteiger partial charge is 0.303 e. The maximum atomic E-state index is 11.4. The van der Waals surface area contributed by atoms with Crippen LogP contribution >= 0.6 is 0 Å². The van der Waals surface area contributed by atoms with Gasteiger partial charge in [-0.2, -0.15) is 5.26 Å². The number of rotatable bonds is 9. The van der Waals surface area contributed by atoms with Crippen LogP contribution in [0.15, 0.2) is 11.8 Å². The molecule has 100 valence electrons. The maximum Gasteiger partial charge on any atom is 0.303 e. The van der Waals surface area contributed by atoms with Crippen LogP contribution in [-0.4, -0.2) is 43.8 Å². The Hall–Kier alpha value is -2.07. The molecule has 0 atom stereocenters. The number of nitrogens with one attached hydrogen (secondary N) is 2. The zero-order valence-corrected chi connectivity index (χ0v) is 10.2. The van der Waals surface area contributed by atoms with Gasteiger partial charge in [-0.3, -0.25) is 9.59 Å². The lowest BCUT2D eigenvalue weighted by Crippen LogP contribution is -2.28. The molecule has 0 fully saturated rings. The molecule has 7 nitrogen and oxygen atoms in total. The van der Waals surface area contributed by atoms with Crippen LogP contribution in [-0.2, 0) is 14.3 Å². The Bertz CT molecular complexity index is 347. The van der Waals surface area contributed by atoms with Crippen LogP contribution < -0.4 is 10.6 Å². The van der Waals surface area contributed by atoms with Gasteiger partial charge in [-0.05, 0) is 6.42 Å². The molecular formula is C11H17N3O4. The van der Waals surface area contributed by atoms with Crippen molar-refractivity contribution in [1.29, 1.82) is 5.26 Å². The van der Waals surface area contributed by atoms with Crippen LogP contribution in [0, 0.1) is 11.3 Å². The van der Waals surface area contributed by atoms with Gasteiger partial charge >= 0.3 is 5.97 Å². The first-order valence-corrected chi connectivity index (χ1v) is 5.44. The monoisotopic (exact) mass is 255 g/mol. The molecule has 0 aromatic carbocycles. The highest BCUT2D eigenvalue weighted by Gasteiger charge is 2.07. The van der Waals surface area contributed by atoms with Crippen LogP contribution in [0.25, 0.3) is 0 Å². The molecule has 7 heteroatoms. The molecule has 0 aliphatic heterocycles. The van der Waals surface area contributed by atoms with E-state index in [-0.39, 0.29) is 12.0 Å². The number of amides is 1. The second kappa shape index (κ2) is 10.1. The Morgan fingerprint density at radius 3 is 2.72 bits per heavy atom. The summed E-state index contributed by atoms with van der Waals surface area (Å²) in [5.41, 5.74) is -0.0542. The first kappa shape index (κ1) is 15.9. The lowest BCUT2D eigenvalue weighted by atomic mass is 10.3. The molecule has 0 aliphatic rings. The molecule has 0 spiro atoms. The zero-order valence-electron chi connectivity index (χ0n) is 10.2. The number of carboxylic acid groups (broad SMARTS) is 1. The predicted molar refractivity (Wildman–Crippen MR) is 63.5 cm³/mol. The quantitative estimate of drug-likeness (QED) is 0.294. The van der Waals surface area contributed by atoms with Crippen LogP contribution in [0.3, 0.4) is 0 Å². The normalized spacial score (nSPS) is 10.6. The topological polar surface area (TPSA) is 111 Å². The van der Waals surface area contributed by atoms with Crippen LogP contribution in [0.2, 0.25) is 0 Å². The van der Waals surface area contributed by atoms with E-state index in [1.165, 1.54) is 13.3 Å². The Balaban J connectivity index is 3.96. The first-order valence-electron chi connectivity index (χ1n) is 5.44. The van der Waals surface area contributed by atoms with Crippen LogP contribution in [0.4, 0.5) is 0 Å². The lowest BCUT2D eigenvalue weighted by Gasteiger charge is -2.04. The number of nitrogens with zero attached hydrogens (tertiary/aromatic N) is 1. The van der Waals surface area contributed by atoms with Crippen molar-refractivity contribution in [2.45, 2.75) is 12.8 Å². The van der Waals surface area contributed by atoms with Crippen molar-refractivity contribution in [3.05, 3.63) is 11.8 Å². The lowest BCUT2D eigenvalue weighted by molar-refractivity contribution is -0.137. The molecule has 0 radical (unpaired) electrons. The third-order valence-corrected chi connectivity index (χ3v) is 1.91. The van der Waals surface area contributed by atoms with Gasteiger partial charge in [0.15, 0.2) is 0 Å². The summed E-state index contributed by atoms with van der Waals surface area (Å²) in [6, 6.07) is 1.76. The van der Waals surface area contributed by atoms with Crippen molar-refractivity contribution < 1.29 is 19.4 Å². The van der Waals surface area contributed by atoms with E-state index in [9.17, 15) is 9.59 Å². The second-order valence-corrected chi connectivity index (χ2v) is 3.37. The summed E-state index contributed by atoms with van der Waals surface area (Å²) in [5.74, 6) is -1.36. The molecule has 18 heavy (non-hydrogen) atoms. The fourth-order valence-corrected chi connectivity index (χ4v) is 1.03. The van der Waals surface area contributed by atoms with Gasteiger partial charge in [0.1, 0.15) is 11.6 Å². The summed E-state index contributed by atoms with van der Waals surface area (Å²) in [7, 11) is 1.51. The Labute approximate surface area is 105 Å². The highest BCUT2D eigenvalue weighted by molar-refractivity contribution is 5.97. The largest absolute Gasteiger partial charge is 0.481 e. The summed E-state index contributed by atoms with van der Waals surface area (Å²) in [6.45, 7) is 1.09. The minimum absolute atomic E-state index is 0.0444. The van der Waals surface area contributed by atoms with Crippen molar-refractivity contribution in [2.24, 2.45) is 0 Å². The van der Waals surface area contributed by atoms with Gasteiger partial charge in [0, 0.05) is 32.8 Å². The molecule has 0 aromatic rings. The second-order valence-electron chi connectivity index (χ2n) is 3.37. The fourth-order valence-electron chi connectivity index (χ4n) is 1.03. The summed E-state index contributed by atoms with van der Waals surface area (Å²) in [5, 5.41) is 22.4. The standard InChI is InChI=1S/C11H17N3O4/c1-18-6-5-14-11(17)9(7-12)8-13-4-2-3-10(15)16/h8,13H,2-6H2,1H3,(H,14,17)(H,15,16)/b9-8-. The number of carboxylic acids is 1. The zero-order chi connectivity index (χ0) is 13.8. The Morgan fingerprint density at radius 1 is 1.44 bits per heavy atom. The minimum atomic E-state index is -0.876. The van der Waals surface area contributed by atoms with Gasteiger partial charge in [0.2, 0.25) is 0 Å². The molecule has 1 amide bonds. The van der Waals surface area contributed by atoms with E-state index in [1.807, 2.05) is 0 Å². The number of aliphatic carboxylic acids is 1. The van der Waals surface area contributed by atoms with Gasteiger partial charge in [0.05, 0.1) is 6.61 Å². The molecule has 0 aromatic heterocycles. The van der Waals surface area contributed by atoms with Crippen molar-refractivity contribution in [3.63, 3.8) is 0 Å². The van der Waals surface area contributed by atoms with Gasteiger partial charge in [0.25, 0.3) is 5.91 Å². The van der Waals surface area contributed by atoms with Gasteiger partial charge < -0.3 is 20.5 Å². The number of nitriles is 1. The van der Waals surface area contributed by atoms with E-state index in [1.54, 1.807) is 6.07 Å². The number of methoxy groups -OCH3 is 1. The third kappa shape index (κ3) is 8.13. The number of hydrogen-bond donors (Lipinski definition) is 3. The first-order chi connectivity index (χ1) is 8.61. The maximum absolute atomic E-state index is 11.4. The van der Waals surface area contributed by atoms with E-state index >= 15 is 0 Å². The van der Waals surface area contributed by atoms with Gasteiger partial charge in [-0.15, -0.1) is 0 Å². The van der Waals surface area contributed by atoms with E-state index in [0.29, 0.717) is 26.1 Å². The Kier molecular flexibility index (Phi) is 8.95. The van der Waals surface area contributed by atoms with Gasteiger partial charge in [-0.1, -0.05) is 0 Å². The summed E-state index contributed by atoms with van der Waals surface area (Å²) >= 11 is 0. The van der Waals surface area contributed by atoms with Crippen LogP contribution in [0.1, 0.15) is 12.8 Å². The fraction of sp³-hybridized carbons (Fsp3) is 0.545. The predicted octanol–water partition coefficient (Wildman–Crippen LogP) is -0.389. The summed E-state index contributed by atoms with van der Waals surface area (Å²) in [6.07, 6.45) is 1.75. The SMILES string of the molecule is COCCNC(=O)/C(C#N)=C\NCCCC(=O)O. The molecule has 0 aliphatic carbocycles. The van der Waals surface area contributed by atoms with Gasteiger partial charge in [-0.25, -0.2) is 0 Å². The van der Waals surface area contributed by atoms with Crippen LogP contribution in [0.5, 0.6) is 0 Å². The molecule has 0 rings (SSSR count). The minimum Gasteiger partial charge on any atom is -0.481 e. The summed E-state index contributed by atoms with van der Waals surface area (Å²) < 4.78 is 4.75. The van der Waals surface area contributed by atoms with Crippen molar-refractivity contribution in [3.8, 4) is 6.07 Å². The molecule has 0 saturated heterocycles. The number of hydrogen-bond acceptors (Lipinski definition) is 5. The molecular weight excluding hydrogens is 238 g/mol. The highest BCUT2D eigenvalue weighted by atomic mass is 16.5. The summed E-state index contributed by atoms with van der Waals surface area (Å²) in [4.78, 5) is 21.7. The number of carbonyl (C=O) groups excluding carboxylic acids is 1. The average Bonchev–Trinajstić information content (AvgIpc) is 2.33. The van der Waals surface area contributed by atoms with E-state index in [4.69, 9.17) is 15.1 Å². The molecule has 0 bridgehead atoms. The number of carbonyl (C=O) groups is 2. The Morgan fingerprint density at radius 2 is 2.17 bits per heavy atom. The molecule has 0 heterocycles. The molecule has 0 unspecified atom stereocenters. The third-order valence-electron chi connectivity index (χ3n) is 1.91. The number of ether oxygens (including phenoxy) is 1.